The second-order valence-corrected chi connectivity index (χ2v) is 6.25. The Bertz CT molecular complexity index is 876. The number of fused-ring (bicyclic) bond motifs is 1. The van der Waals surface area contributed by atoms with Gasteiger partial charge in [-0.1, -0.05) is 42.0 Å². The maximum atomic E-state index is 11.8. The molecule has 1 amide bonds. The van der Waals surface area contributed by atoms with Crippen LogP contribution in [0.25, 0.3) is 10.9 Å². The Kier molecular flexibility index (Phi) is 5.55. The van der Waals surface area contributed by atoms with Gasteiger partial charge >= 0.3 is 6.09 Å². The Morgan fingerprint density at radius 2 is 1.96 bits per heavy atom. The summed E-state index contributed by atoms with van der Waals surface area (Å²) in [7, 11) is 0. The zero-order valence-electron chi connectivity index (χ0n) is 14.5. The van der Waals surface area contributed by atoms with Gasteiger partial charge in [-0.3, -0.25) is 0 Å². The van der Waals surface area contributed by atoms with Crippen LogP contribution in [0.5, 0.6) is 0 Å². The topological polar surface area (TPSA) is 94.6 Å². The predicted octanol–water partition coefficient (Wildman–Crippen LogP) is 2.80. The molecule has 2 aromatic carbocycles. The molecule has 6 nitrogen and oxygen atoms in total. The summed E-state index contributed by atoms with van der Waals surface area (Å²) >= 11 is 0. The first-order valence-electron chi connectivity index (χ1n) is 8.43. The van der Waals surface area contributed by atoms with Gasteiger partial charge in [-0.2, -0.15) is 0 Å². The number of H-pyrrole nitrogens is 1. The molecule has 0 saturated carbocycles. The van der Waals surface area contributed by atoms with Crippen LogP contribution in [0.4, 0.5) is 4.79 Å². The summed E-state index contributed by atoms with van der Waals surface area (Å²) in [4.78, 5) is 14.8. The van der Waals surface area contributed by atoms with Crippen LogP contribution in [0, 0.1) is 6.92 Å². The number of aliphatic hydroxyl groups excluding tert-OH is 2. The minimum absolute atomic E-state index is 0.118. The normalized spacial score (nSPS) is 13.3. The largest absolute Gasteiger partial charge is 0.445 e. The summed E-state index contributed by atoms with van der Waals surface area (Å²) in [5.41, 5.74) is 3.41. The highest BCUT2D eigenvalue weighted by Crippen LogP contribution is 2.27. The standard InChI is InChI=1S/C20H22N2O4/c1-13-7-8-17-15(9-13)16(10-21-17)19(24)18(23)11-22-20(25)26-12-14-5-3-2-4-6-14/h2-10,18-19,21,23-24H,11-12H2,1H3,(H,22,25). The minimum Gasteiger partial charge on any atom is -0.445 e. The average Bonchev–Trinajstić information content (AvgIpc) is 3.07. The van der Waals surface area contributed by atoms with Crippen molar-refractivity contribution in [3.63, 3.8) is 0 Å². The van der Waals surface area contributed by atoms with Crippen molar-refractivity contribution in [2.24, 2.45) is 0 Å². The number of carbonyl (C=O) groups is 1. The highest BCUT2D eigenvalue weighted by Gasteiger charge is 2.22. The number of aryl methyl sites for hydroxylation is 1. The van der Waals surface area contributed by atoms with Gasteiger partial charge in [0.05, 0.1) is 0 Å². The number of nitrogens with one attached hydrogen (secondary N) is 2. The predicted molar refractivity (Wildman–Crippen MR) is 98.6 cm³/mol. The van der Waals surface area contributed by atoms with E-state index >= 15 is 0 Å². The third kappa shape index (κ3) is 4.22. The lowest BCUT2D eigenvalue weighted by atomic mass is 10.0. The second-order valence-electron chi connectivity index (χ2n) is 6.25. The minimum atomic E-state index is -1.15. The SMILES string of the molecule is Cc1ccc2[nH]cc(C(O)C(O)CNC(=O)OCc3ccccc3)c2c1. The number of benzene rings is 2. The highest BCUT2D eigenvalue weighted by atomic mass is 16.5. The van der Waals surface area contributed by atoms with Gasteiger partial charge in [-0.05, 0) is 24.6 Å². The number of rotatable bonds is 6. The van der Waals surface area contributed by atoms with Crippen LogP contribution in [0.2, 0.25) is 0 Å². The van der Waals surface area contributed by atoms with E-state index in [4.69, 9.17) is 4.74 Å². The summed E-state index contributed by atoms with van der Waals surface area (Å²) in [5.74, 6) is 0. The van der Waals surface area contributed by atoms with Crippen molar-refractivity contribution in [3.05, 3.63) is 71.4 Å². The fraction of sp³-hybridized carbons (Fsp3) is 0.250. The molecule has 0 saturated heterocycles. The van der Waals surface area contributed by atoms with E-state index in [0.717, 1.165) is 22.0 Å². The average molecular weight is 354 g/mol. The molecule has 0 fully saturated rings. The molecule has 0 bridgehead atoms. The van der Waals surface area contributed by atoms with Crippen molar-refractivity contribution in [1.29, 1.82) is 0 Å². The number of aromatic amines is 1. The van der Waals surface area contributed by atoms with Gasteiger partial charge in [0, 0.05) is 29.2 Å². The Morgan fingerprint density at radius 1 is 1.19 bits per heavy atom. The molecule has 1 heterocycles. The van der Waals surface area contributed by atoms with Crippen LogP contribution in [-0.2, 0) is 11.3 Å². The lowest BCUT2D eigenvalue weighted by molar-refractivity contribution is 0.0192. The molecular weight excluding hydrogens is 332 g/mol. The van der Waals surface area contributed by atoms with Crippen molar-refractivity contribution < 1.29 is 19.7 Å². The van der Waals surface area contributed by atoms with E-state index in [9.17, 15) is 15.0 Å². The lowest BCUT2D eigenvalue weighted by Gasteiger charge is -2.18. The second kappa shape index (κ2) is 8.03. The number of hydrogen-bond acceptors (Lipinski definition) is 4. The molecule has 2 atom stereocenters. The summed E-state index contributed by atoms with van der Waals surface area (Å²) in [6, 6.07) is 15.1. The summed E-state index contributed by atoms with van der Waals surface area (Å²) in [5, 5.41) is 24.0. The molecule has 0 spiro atoms. The third-order valence-corrected chi connectivity index (χ3v) is 4.22. The highest BCUT2D eigenvalue weighted by molar-refractivity contribution is 5.84. The number of aliphatic hydroxyl groups is 2. The first-order chi connectivity index (χ1) is 12.5. The summed E-state index contributed by atoms with van der Waals surface area (Å²) in [6.45, 7) is 1.99. The van der Waals surface area contributed by atoms with E-state index in [1.807, 2.05) is 55.5 Å². The van der Waals surface area contributed by atoms with Gasteiger partial charge in [0.25, 0.3) is 0 Å². The fourth-order valence-corrected chi connectivity index (χ4v) is 2.78. The number of amides is 1. The number of alkyl carbamates (subject to hydrolysis) is 1. The first-order valence-corrected chi connectivity index (χ1v) is 8.43. The monoisotopic (exact) mass is 354 g/mol. The van der Waals surface area contributed by atoms with Crippen LogP contribution >= 0.6 is 0 Å². The molecule has 0 aliphatic heterocycles. The Balaban J connectivity index is 1.54. The molecule has 26 heavy (non-hydrogen) atoms. The van der Waals surface area contributed by atoms with Crippen LogP contribution in [0.15, 0.2) is 54.7 Å². The lowest BCUT2D eigenvalue weighted by Crippen LogP contribution is -2.35. The molecule has 0 aliphatic rings. The van der Waals surface area contributed by atoms with Crippen LogP contribution < -0.4 is 5.32 Å². The van der Waals surface area contributed by atoms with Crippen molar-refractivity contribution >= 4 is 17.0 Å². The van der Waals surface area contributed by atoms with Crippen LogP contribution in [-0.4, -0.2) is 33.9 Å². The molecule has 4 N–H and O–H groups in total. The molecule has 2 unspecified atom stereocenters. The third-order valence-electron chi connectivity index (χ3n) is 4.22. The number of carbonyl (C=O) groups excluding carboxylic acids is 1. The van der Waals surface area contributed by atoms with E-state index in [1.165, 1.54) is 0 Å². The molecule has 6 heteroatoms. The number of aromatic nitrogens is 1. The molecular formula is C20H22N2O4. The van der Waals surface area contributed by atoms with E-state index < -0.39 is 18.3 Å². The molecule has 136 valence electrons. The zero-order valence-corrected chi connectivity index (χ0v) is 14.5. The first kappa shape index (κ1) is 18.0. The molecule has 1 aromatic heterocycles. The van der Waals surface area contributed by atoms with E-state index in [1.54, 1.807) is 6.20 Å². The van der Waals surface area contributed by atoms with Crippen LogP contribution in [0.1, 0.15) is 22.8 Å². The molecule has 0 radical (unpaired) electrons. The zero-order chi connectivity index (χ0) is 18.5. The van der Waals surface area contributed by atoms with Gasteiger partial charge in [-0.15, -0.1) is 0 Å². The summed E-state index contributed by atoms with van der Waals surface area (Å²) in [6.07, 6.45) is -1.25. The van der Waals surface area contributed by atoms with E-state index in [-0.39, 0.29) is 13.2 Å². The Labute approximate surface area is 151 Å². The smallest absolute Gasteiger partial charge is 0.407 e. The molecule has 3 rings (SSSR count). The van der Waals surface area contributed by atoms with Gasteiger partial charge in [-0.25, -0.2) is 4.79 Å². The Morgan fingerprint density at radius 3 is 2.73 bits per heavy atom. The summed E-state index contributed by atoms with van der Waals surface area (Å²) < 4.78 is 5.09. The quantitative estimate of drug-likeness (QED) is 0.547. The van der Waals surface area contributed by atoms with E-state index in [0.29, 0.717) is 5.56 Å². The molecule has 0 aliphatic carbocycles. The maximum Gasteiger partial charge on any atom is 0.407 e. The van der Waals surface area contributed by atoms with Crippen LogP contribution in [0.3, 0.4) is 0 Å². The van der Waals surface area contributed by atoms with Gasteiger partial charge in [0.1, 0.15) is 18.8 Å². The van der Waals surface area contributed by atoms with Gasteiger partial charge in [0.2, 0.25) is 0 Å². The van der Waals surface area contributed by atoms with Gasteiger partial charge in [0.15, 0.2) is 0 Å². The van der Waals surface area contributed by atoms with Crippen molar-refractivity contribution in [2.45, 2.75) is 25.7 Å². The fourth-order valence-electron chi connectivity index (χ4n) is 2.78. The Hall–Kier alpha value is -2.83. The maximum absolute atomic E-state index is 11.8. The number of ether oxygens (including phenoxy) is 1. The van der Waals surface area contributed by atoms with Gasteiger partial charge < -0.3 is 25.3 Å². The van der Waals surface area contributed by atoms with Crippen molar-refractivity contribution in [1.82, 2.24) is 10.3 Å². The number of hydrogen-bond donors (Lipinski definition) is 4. The van der Waals surface area contributed by atoms with E-state index in [2.05, 4.69) is 10.3 Å². The van der Waals surface area contributed by atoms with Crippen molar-refractivity contribution in [3.8, 4) is 0 Å². The molecule has 3 aromatic rings. The van der Waals surface area contributed by atoms with Crippen molar-refractivity contribution in [2.75, 3.05) is 6.54 Å².